The fraction of sp³-hybridized carbons (Fsp3) is 0.154. The summed E-state index contributed by atoms with van der Waals surface area (Å²) in [6, 6.07) is 24.7. The summed E-state index contributed by atoms with van der Waals surface area (Å²) < 4.78 is 10.8. The fourth-order valence-corrected chi connectivity index (χ4v) is 3.33. The molecule has 0 aromatic heterocycles. The zero-order chi connectivity index (χ0) is 21.5. The molecule has 0 unspecified atom stereocenters. The van der Waals surface area contributed by atoms with Gasteiger partial charge >= 0.3 is 6.09 Å². The lowest BCUT2D eigenvalue weighted by molar-refractivity contribution is 0.0416. The van der Waals surface area contributed by atoms with E-state index in [0.717, 1.165) is 11.1 Å². The Morgan fingerprint density at radius 3 is 2.19 bits per heavy atom. The zero-order valence-electron chi connectivity index (χ0n) is 17.1. The first kappa shape index (κ1) is 20.6. The Labute approximate surface area is 181 Å². The molecule has 0 aliphatic carbocycles. The van der Waals surface area contributed by atoms with Crippen molar-refractivity contribution in [3.8, 4) is 16.9 Å². The zero-order valence-corrected chi connectivity index (χ0v) is 17.1. The molecule has 1 aliphatic rings. The van der Waals surface area contributed by atoms with E-state index in [1.807, 2.05) is 66.7 Å². The van der Waals surface area contributed by atoms with Gasteiger partial charge in [0.2, 0.25) is 0 Å². The van der Waals surface area contributed by atoms with Crippen molar-refractivity contribution in [2.24, 2.45) is 0 Å². The van der Waals surface area contributed by atoms with E-state index in [2.05, 4.69) is 0 Å². The SMILES string of the molecule is O=C(/C=C/c1ccccc1OC(=O)N1CCOCC1)c1ccc(-c2ccccc2)cc1. The second-order valence-electron chi connectivity index (χ2n) is 7.15. The van der Waals surface area contributed by atoms with Gasteiger partial charge in [0.25, 0.3) is 0 Å². The number of rotatable bonds is 5. The highest BCUT2D eigenvalue weighted by atomic mass is 16.6. The van der Waals surface area contributed by atoms with Crippen LogP contribution >= 0.6 is 0 Å². The minimum absolute atomic E-state index is 0.117. The molecule has 0 spiro atoms. The maximum absolute atomic E-state index is 12.6. The first-order valence-electron chi connectivity index (χ1n) is 10.2. The van der Waals surface area contributed by atoms with Crippen molar-refractivity contribution in [3.63, 3.8) is 0 Å². The van der Waals surface area contributed by atoms with E-state index in [0.29, 0.717) is 43.2 Å². The Morgan fingerprint density at radius 2 is 1.45 bits per heavy atom. The molecule has 1 aliphatic heterocycles. The molecule has 156 valence electrons. The first-order chi connectivity index (χ1) is 15.2. The molecular formula is C26H23NO4. The Balaban J connectivity index is 1.44. The van der Waals surface area contributed by atoms with E-state index in [1.54, 1.807) is 23.1 Å². The molecule has 0 saturated carbocycles. The number of ketones is 1. The van der Waals surface area contributed by atoms with E-state index in [-0.39, 0.29) is 5.78 Å². The molecule has 5 nitrogen and oxygen atoms in total. The van der Waals surface area contributed by atoms with Gasteiger partial charge in [-0.1, -0.05) is 72.8 Å². The number of carbonyl (C=O) groups excluding carboxylic acids is 2. The number of nitrogens with zero attached hydrogens (tertiary/aromatic N) is 1. The van der Waals surface area contributed by atoms with Gasteiger partial charge in [0, 0.05) is 24.2 Å². The normalized spacial score (nSPS) is 13.9. The fourth-order valence-electron chi connectivity index (χ4n) is 3.33. The van der Waals surface area contributed by atoms with Gasteiger partial charge < -0.3 is 14.4 Å². The number of allylic oxidation sites excluding steroid dienone is 1. The highest BCUT2D eigenvalue weighted by molar-refractivity contribution is 6.07. The van der Waals surface area contributed by atoms with E-state index in [4.69, 9.17) is 9.47 Å². The summed E-state index contributed by atoms with van der Waals surface area (Å²) >= 11 is 0. The van der Waals surface area contributed by atoms with E-state index < -0.39 is 6.09 Å². The van der Waals surface area contributed by atoms with Crippen LogP contribution in [0.4, 0.5) is 4.79 Å². The molecule has 3 aromatic rings. The highest BCUT2D eigenvalue weighted by Crippen LogP contribution is 2.22. The Hall–Kier alpha value is -3.70. The van der Waals surface area contributed by atoms with Crippen LogP contribution in [0.1, 0.15) is 15.9 Å². The maximum atomic E-state index is 12.6. The summed E-state index contributed by atoms with van der Waals surface area (Å²) in [6.07, 6.45) is 2.76. The van der Waals surface area contributed by atoms with Crippen LogP contribution in [0.15, 0.2) is 84.9 Å². The third-order valence-corrected chi connectivity index (χ3v) is 5.08. The van der Waals surface area contributed by atoms with Crippen molar-refractivity contribution in [2.45, 2.75) is 0 Å². The van der Waals surface area contributed by atoms with Crippen LogP contribution in [0.25, 0.3) is 17.2 Å². The molecule has 1 fully saturated rings. The van der Waals surface area contributed by atoms with Crippen LogP contribution in [0.5, 0.6) is 5.75 Å². The van der Waals surface area contributed by atoms with Crippen molar-refractivity contribution < 1.29 is 19.1 Å². The van der Waals surface area contributed by atoms with Gasteiger partial charge in [-0.05, 0) is 29.3 Å². The lowest BCUT2D eigenvalue weighted by Gasteiger charge is -2.26. The summed E-state index contributed by atoms with van der Waals surface area (Å²) in [5.41, 5.74) is 3.42. The summed E-state index contributed by atoms with van der Waals surface area (Å²) in [5, 5.41) is 0. The molecule has 31 heavy (non-hydrogen) atoms. The highest BCUT2D eigenvalue weighted by Gasteiger charge is 2.19. The topological polar surface area (TPSA) is 55.8 Å². The van der Waals surface area contributed by atoms with Crippen LogP contribution in [0.3, 0.4) is 0 Å². The Bertz CT molecular complexity index is 1070. The number of para-hydroxylation sites is 1. The quantitative estimate of drug-likeness (QED) is 0.432. The van der Waals surface area contributed by atoms with Crippen molar-refractivity contribution in [1.82, 2.24) is 4.90 Å². The lowest BCUT2D eigenvalue weighted by atomic mass is 10.0. The predicted octanol–water partition coefficient (Wildman–Crippen LogP) is 5.08. The lowest BCUT2D eigenvalue weighted by Crippen LogP contribution is -2.42. The second-order valence-corrected chi connectivity index (χ2v) is 7.15. The van der Waals surface area contributed by atoms with Gasteiger partial charge in [-0.2, -0.15) is 0 Å². The Kier molecular flexibility index (Phi) is 6.55. The average Bonchev–Trinajstić information content (AvgIpc) is 2.84. The number of hydrogen-bond acceptors (Lipinski definition) is 4. The van der Waals surface area contributed by atoms with Crippen molar-refractivity contribution in [3.05, 3.63) is 96.1 Å². The van der Waals surface area contributed by atoms with Crippen LogP contribution in [-0.4, -0.2) is 43.1 Å². The Morgan fingerprint density at radius 1 is 0.806 bits per heavy atom. The van der Waals surface area contributed by atoms with Crippen molar-refractivity contribution in [1.29, 1.82) is 0 Å². The summed E-state index contributed by atoms with van der Waals surface area (Å²) in [5.74, 6) is 0.302. The van der Waals surface area contributed by atoms with Crippen molar-refractivity contribution >= 4 is 18.0 Å². The summed E-state index contributed by atoms with van der Waals surface area (Å²) in [6.45, 7) is 2.03. The first-order valence-corrected chi connectivity index (χ1v) is 10.2. The smallest absolute Gasteiger partial charge is 0.410 e. The molecule has 1 saturated heterocycles. The van der Waals surface area contributed by atoms with E-state index in [1.165, 1.54) is 6.08 Å². The van der Waals surface area contributed by atoms with Crippen LogP contribution < -0.4 is 4.74 Å². The van der Waals surface area contributed by atoms with Crippen LogP contribution in [-0.2, 0) is 4.74 Å². The van der Waals surface area contributed by atoms with Crippen molar-refractivity contribution in [2.75, 3.05) is 26.3 Å². The summed E-state index contributed by atoms with van der Waals surface area (Å²) in [7, 11) is 0. The van der Waals surface area contributed by atoms with E-state index in [9.17, 15) is 9.59 Å². The van der Waals surface area contributed by atoms with Gasteiger partial charge in [-0.15, -0.1) is 0 Å². The average molecular weight is 413 g/mol. The largest absolute Gasteiger partial charge is 0.415 e. The van der Waals surface area contributed by atoms with Gasteiger partial charge in [0.15, 0.2) is 5.78 Å². The molecule has 0 radical (unpaired) electrons. The standard InChI is InChI=1S/C26H23NO4/c28-24(22-12-10-21(11-13-22)20-6-2-1-3-7-20)15-14-23-8-4-5-9-25(23)31-26(29)27-16-18-30-19-17-27/h1-15H,16-19H2/b15-14+. The van der Waals surface area contributed by atoms with Gasteiger partial charge in [-0.3, -0.25) is 4.79 Å². The number of benzene rings is 3. The molecule has 0 bridgehead atoms. The van der Waals surface area contributed by atoms with E-state index >= 15 is 0 Å². The molecule has 3 aromatic carbocycles. The number of morpholine rings is 1. The minimum Gasteiger partial charge on any atom is -0.410 e. The number of amides is 1. The van der Waals surface area contributed by atoms with Crippen LogP contribution in [0, 0.1) is 0 Å². The molecular weight excluding hydrogens is 390 g/mol. The minimum atomic E-state index is -0.410. The molecule has 1 amide bonds. The van der Waals surface area contributed by atoms with Gasteiger partial charge in [0.05, 0.1) is 13.2 Å². The van der Waals surface area contributed by atoms with Gasteiger partial charge in [0.1, 0.15) is 5.75 Å². The third kappa shape index (κ3) is 5.27. The summed E-state index contributed by atoms with van der Waals surface area (Å²) in [4.78, 5) is 26.6. The second kappa shape index (κ2) is 9.87. The number of hydrogen-bond donors (Lipinski definition) is 0. The monoisotopic (exact) mass is 413 g/mol. The molecule has 5 heteroatoms. The maximum Gasteiger partial charge on any atom is 0.415 e. The molecule has 0 atom stereocenters. The molecule has 1 heterocycles. The number of ether oxygens (including phenoxy) is 2. The predicted molar refractivity (Wildman–Crippen MR) is 120 cm³/mol. The van der Waals surface area contributed by atoms with Gasteiger partial charge in [-0.25, -0.2) is 4.79 Å². The third-order valence-electron chi connectivity index (χ3n) is 5.08. The molecule has 0 N–H and O–H groups in total. The number of carbonyl (C=O) groups is 2. The molecule has 4 rings (SSSR count). The van der Waals surface area contributed by atoms with Crippen LogP contribution in [0.2, 0.25) is 0 Å².